The lowest BCUT2D eigenvalue weighted by atomic mass is 10.1. The van der Waals surface area contributed by atoms with Gasteiger partial charge in [0.2, 0.25) is 0 Å². The molecular weight excluding hydrogens is 486 g/mol. The van der Waals surface area contributed by atoms with Gasteiger partial charge in [-0.3, -0.25) is 4.89 Å². The maximum absolute atomic E-state index is 12.5. The van der Waals surface area contributed by atoms with E-state index in [0.29, 0.717) is 47.7 Å². The number of nitrogens with one attached hydrogen (secondary N) is 2. The van der Waals surface area contributed by atoms with E-state index in [-0.39, 0.29) is 11.5 Å². The number of hydrogen-bond donors (Lipinski definition) is 7. The quantitative estimate of drug-likeness (QED) is 0.0892. The van der Waals surface area contributed by atoms with Gasteiger partial charge in [-0.05, 0) is 61.3 Å². The number of phosphoric acid groups is 1. The summed E-state index contributed by atoms with van der Waals surface area (Å²) in [6.07, 6.45) is 4.46. The van der Waals surface area contributed by atoms with Gasteiger partial charge in [0.1, 0.15) is 11.5 Å². The van der Waals surface area contributed by atoms with Crippen molar-refractivity contribution < 1.29 is 37.6 Å². The first-order valence-corrected chi connectivity index (χ1v) is 13.3. The van der Waals surface area contributed by atoms with Crippen molar-refractivity contribution in [1.82, 2.24) is 9.97 Å². The third-order valence-electron chi connectivity index (χ3n) is 4.98. The predicted octanol–water partition coefficient (Wildman–Crippen LogP) is 2.82. The minimum atomic E-state index is -4.95. The summed E-state index contributed by atoms with van der Waals surface area (Å²) >= 11 is 0. The Hall–Kier alpha value is -2.50. The lowest BCUT2D eigenvalue weighted by Gasteiger charge is -2.22. The third kappa shape index (κ3) is 5.42. The molecule has 1 atom stereocenters. The minimum Gasteiger partial charge on any atom is -0.413 e. The van der Waals surface area contributed by atoms with Gasteiger partial charge < -0.3 is 40.3 Å². The Kier molecular flexibility index (Phi) is 7.25. The number of aromatic amines is 2. The van der Waals surface area contributed by atoms with Crippen molar-refractivity contribution >= 4 is 37.8 Å². The molecule has 0 saturated heterocycles. The summed E-state index contributed by atoms with van der Waals surface area (Å²) < 4.78 is 31.7. The molecule has 0 aliphatic carbocycles. The highest BCUT2D eigenvalue weighted by Gasteiger charge is 2.36. The molecule has 0 fully saturated rings. The van der Waals surface area contributed by atoms with E-state index >= 15 is 0 Å². The van der Waals surface area contributed by atoms with Crippen LogP contribution in [-0.4, -0.2) is 37.7 Å². The van der Waals surface area contributed by atoms with Crippen LogP contribution in [0, 0.1) is 0 Å². The Morgan fingerprint density at radius 1 is 0.765 bits per heavy atom. The largest absolute Gasteiger partial charge is 0.555 e. The topological polar surface area (TPSA) is 198 Å². The van der Waals surface area contributed by atoms with Crippen LogP contribution in [0.3, 0.4) is 0 Å². The molecule has 34 heavy (non-hydrogen) atoms. The number of fused-ring (bicyclic) bond motifs is 2. The van der Waals surface area contributed by atoms with Crippen molar-refractivity contribution in [2.24, 2.45) is 11.5 Å². The molecule has 14 heteroatoms. The maximum Gasteiger partial charge on any atom is 0.555 e. The summed E-state index contributed by atoms with van der Waals surface area (Å²) in [5, 5.41) is 1.11. The van der Waals surface area contributed by atoms with E-state index < -0.39 is 16.0 Å². The summed E-state index contributed by atoms with van der Waals surface area (Å²) in [6.45, 7) is 0.725. The number of hydrogen-bond acceptors (Lipinski definition) is 9. The van der Waals surface area contributed by atoms with Gasteiger partial charge in [-0.2, -0.15) is 0 Å². The van der Waals surface area contributed by atoms with Gasteiger partial charge in [-0.25, -0.2) is 4.57 Å². The van der Waals surface area contributed by atoms with E-state index in [4.69, 9.17) is 20.5 Å². The molecule has 4 rings (SSSR count). The van der Waals surface area contributed by atoms with Crippen molar-refractivity contribution in [2.45, 2.75) is 12.8 Å². The number of aromatic nitrogens is 2. The van der Waals surface area contributed by atoms with Crippen LogP contribution in [0.25, 0.3) is 21.8 Å². The fourth-order valence-electron chi connectivity index (χ4n) is 3.67. The third-order valence-corrected chi connectivity index (χ3v) is 6.49. The van der Waals surface area contributed by atoms with E-state index in [0.717, 1.165) is 11.1 Å². The van der Waals surface area contributed by atoms with E-state index in [1.54, 1.807) is 36.7 Å². The normalized spacial score (nSPS) is 13.9. The smallest absolute Gasteiger partial charge is 0.413 e. The summed E-state index contributed by atoms with van der Waals surface area (Å²) in [4.78, 5) is 36.6. The molecule has 4 aromatic rings. The SMILES string of the molecule is NCCc1c[nH]c2cccc(O[P](O)(O)OOP(=O)(O)Oc3cccc4[nH]cc(CCN)c34)c12. The Morgan fingerprint density at radius 2 is 1.26 bits per heavy atom. The van der Waals surface area contributed by atoms with Gasteiger partial charge in [0.05, 0.1) is 0 Å². The van der Waals surface area contributed by atoms with Crippen LogP contribution in [0.4, 0.5) is 0 Å². The van der Waals surface area contributed by atoms with E-state index in [9.17, 15) is 19.2 Å². The number of phosphoric ester groups is 1. The van der Waals surface area contributed by atoms with Gasteiger partial charge >= 0.3 is 16.0 Å². The molecule has 0 spiro atoms. The van der Waals surface area contributed by atoms with E-state index in [2.05, 4.69) is 19.3 Å². The highest BCUT2D eigenvalue weighted by Crippen LogP contribution is 2.58. The average molecular weight is 511 g/mol. The van der Waals surface area contributed by atoms with Gasteiger partial charge in [-0.15, -0.1) is 9.35 Å². The molecule has 183 valence electrons. The second-order valence-electron chi connectivity index (χ2n) is 7.35. The zero-order valence-corrected chi connectivity index (χ0v) is 19.7. The van der Waals surface area contributed by atoms with Crippen molar-refractivity contribution in [2.75, 3.05) is 13.1 Å². The van der Waals surface area contributed by atoms with Gasteiger partial charge in [-0.1, -0.05) is 12.1 Å². The molecule has 9 N–H and O–H groups in total. The summed E-state index contributed by atoms with van der Waals surface area (Å²) in [6, 6.07) is 9.71. The number of H-pyrrole nitrogens is 2. The van der Waals surface area contributed by atoms with Crippen LogP contribution in [-0.2, 0) is 26.8 Å². The number of nitrogens with two attached hydrogens (primary N) is 2. The lowest BCUT2D eigenvalue weighted by Crippen LogP contribution is -2.07. The molecule has 2 heterocycles. The molecule has 0 aliphatic rings. The van der Waals surface area contributed by atoms with Crippen LogP contribution in [0.15, 0.2) is 48.8 Å². The average Bonchev–Trinajstić information content (AvgIpc) is 3.39. The highest BCUT2D eigenvalue weighted by atomic mass is 31.2. The zero-order chi connectivity index (χ0) is 24.3. The van der Waals surface area contributed by atoms with Gasteiger partial charge in [0.15, 0.2) is 0 Å². The van der Waals surface area contributed by atoms with Crippen LogP contribution in [0.2, 0.25) is 0 Å². The van der Waals surface area contributed by atoms with Crippen LogP contribution >= 0.6 is 16.0 Å². The van der Waals surface area contributed by atoms with Crippen molar-refractivity contribution in [3.8, 4) is 11.5 Å². The highest BCUT2D eigenvalue weighted by molar-refractivity contribution is 7.55. The first-order chi connectivity index (χ1) is 16.2. The Morgan fingerprint density at radius 3 is 1.76 bits per heavy atom. The van der Waals surface area contributed by atoms with E-state index in [1.807, 2.05) is 0 Å². The van der Waals surface area contributed by atoms with Gasteiger partial charge in [0, 0.05) is 34.2 Å². The molecule has 0 amide bonds. The second-order valence-corrected chi connectivity index (χ2v) is 9.93. The number of rotatable bonds is 11. The van der Waals surface area contributed by atoms with Gasteiger partial charge in [0.25, 0.3) is 0 Å². The molecule has 2 aromatic carbocycles. The molecule has 12 nitrogen and oxygen atoms in total. The van der Waals surface area contributed by atoms with Crippen molar-refractivity contribution in [1.29, 1.82) is 0 Å². The first-order valence-electron chi connectivity index (χ1n) is 10.3. The summed E-state index contributed by atoms with van der Waals surface area (Å²) in [5.74, 6) is 0.0993. The van der Waals surface area contributed by atoms with Crippen molar-refractivity contribution in [3.05, 3.63) is 59.9 Å². The first kappa shape index (κ1) is 24.6. The molecule has 1 radical (unpaired) electrons. The molecule has 2 aromatic heterocycles. The fraction of sp³-hybridized carbons (Fsp3) is 0.200. The maximum atomic E-state index is 12.5. The monoisotopic (exact) mass is 511 g/mol. The van der Waals surface area contributed by atoms with Crippen LogP contribution < -0.4 is 20.5 Å². The molecular formula is C20H25N4O8P2. The van der Waals surface area contributed by atoms with Crippen LogP contribution in [0.1, 0.15) is 11.1 Å². The molecule has 0 saturated carbocycles. The standard InChI is InChI=1S/C20H25N4O8P2/c21-9-7-13-11-23-15-3-1-5-17(19(13)15)29-33(25,26)31-32-34(27,28)30-18-6-2-4-16-20(18)14(8-10-22)12-24-16/h1-6,11-12,23-26H,7-10,21-22H2,(H,27,28). The molecule has 0 bridgehead atoms. The minimum absolute atomic E-state index is 0.0286. The fourth-order valence-corrected chi connectivity index (χ4v) is 5.22. The Balaban J connectivity index is 1.49. The van der Waals surface area contributed by atoms with Crippen LogP contribution in [0.5, 0.6) is 11.5 Å². The molecule has 0 aliphatic heterocycles. The Bertz CT molecular complexity index is 1340. The number of benzene rings is 2. The summed E-state index contributed by atoms with van der Waals surface area (Å²) in [5.41, 5.74) is 14.1. The zero-order valence-electron chi connectivity index (χ0n) is 17.9. The summed E-state index contributed by atoms with van der Waals surface area (Å²) in [7, 11) is -9.70. The van der Waals surface area contributed by atoms with Crippen molar-refractivity contribution in [3.63, 3.8) is 0 Å². The molecule has 1 unspecified atom stereocenters. The Labute approximate surface area is 194 Å². The van der Waals surface area contributed by atoms with E-state index in [1.165, 1.54) is 12.1 Å². The predicted molar refractivity (Wildman–Crippen MR) is 127 cm³/mol. The lowest BCUT2D eigenvalue weighted by molar-refractivity contribution is -0.149. The second kappa shape index (κ2) is 10.0.